The predicted molar refractivity (Wildman–Crippen MR) is 305 cm³/mol. The van der Waals surface area contributed by atoms with Crippen molar-refractivity contribution in [3.8, 4) is 28.7 Å². The van der Waals surface area contributed by atoms with E-state index in [-0.39, 0.29) is 80.1 Å². The van der Waals surface area contributed by atoms with E-state index in [0.29, 0.717) is 89.7 Å². The van der Waals surface area contributed by atoms with Crippen LogP contribution in [0, 0.1) is 5.92 Å². The lowest BCUT2D eigenvalue weighted by molar-refractivity contribution is -0.138. The Labute approximate surface area is 471 Å². The second kappa shape index (κ2) is 25.1. The third kappa shape index (κ3) is 12.8. The van der Waals surface area contributed by atoms with Crippen LogP contribution in [0.5, 0.6) is 28.7 Å². The summed E-state index contributed by atoms with van der Waals surface area (Å²) in [6.45, 7) is 5.90. The third-order valence-electron chi connectivity index (χ3n) is 14.8. The molecule has 0 spiro atoms. The number of amides is 7. The molecular formula is C60H65BN8O12. The van der Waals surface area contributed by atoms with Gasteiger partial charge >= 0.3 is 0 Å². The van der Waals surface area contributed by atoms with Gasteiger partial charge in [-0.15, -0.1) is 0 Å². The van der Waals surface area contributed by atoms with Gasteiger partial charge in [-0.1, -0.05) is 44.5 Å². The van der Waals surface area contributed by atoms with Crippen LogP contribution in [0.4, 0.5) is 17.1 Å². The van der Waals surface area contributed by atoms with Gasteiger partial charge in [0.25, 0.3) is 11.8 Å². The average molecular weight is 1100 g/mol. The number of nitrogens with zero attached hydrogens (tertiary/aromatic N) is 5. The fourth-order valence-electron chi connectivity index (χ4n) is 10.2. The van der Waals surface area contributed by atoms with Crippen molar-refractivity contribution in [1.82, 2.24) is 25.3 Å². The zero-order valence-corrected chi connectivity index (χ0v) is 46.2. The van der Waals surface area contributed by atoms with E-state index in [9.17, 15) is 33.6 Å². The lowest BCUT2D eigenvalue weighted by Gasteiger charge is -2.24. The minimum absolute atomic E-state index is 0.0133. The zero-order valence-electron chi connectivity index (χ0n) is 46.2. The molecule has 0 saturated carbocycles. The molecule has 3 N–H and O–H groups in total. The lowest BCUT2D eigenvalue weighted by atomic mass is 9.86. The van der Waals surface area contributed by atoms with Crippen molar-refractivity contribution in [2.75, 3.05) is 46.4 Å². The van der Waals surface area contributed by atoms with Crippen molar-refractivity contribution < 1.29 is 57.2 Å². The van der Waals surface area contributed by atoms with Gasteiger partial charge in [0, 0.05) is 87.1 Å². The Bertz CT molecular complexity index is 3230. The quantitative estimate of drug-likeness (QED) is 0.0375. The monoisotopic (exact) mass is 1100 g/mol. The van der Waals surface area contributed by atoms with Crippen molar-refractivity contribution in [2.45, 2.75) is 102 Å². The number of aliphatic imine (C=N–C) groups is 2. The SMILES string of the molecule is [B]C1CC(=O)N(CCCCCC(=O)N[C@H](C(=O)N[C@@H](C)C(=O)Nc2ccc(C3=CN4C(=O)c5cc(OC)c(OCCCOc6cc7c(cc6OC)C(=O)N6C=C(c8ccc(OC)cc8)C[C@H]6C=N7)cc5N=C[C@@H]4C3)cc2)C(C)C)C1=O. The Balaban J connectivity index is 0.736. The summed E-state index contributed by atoms with van der Waals surface area (Å²) in [5, 5.41) is 8.33. The van der Waals surface area contributed by atoms with Gasteiger partial charge in [0.2, 0.25) is 29.5 Å². The van der Waals surface area contributed by atoms with Gasteiger partial charge in [-0.3, -0.25) is 48.4 Å². The van der Waals surface area contributed by atoms with Crippen molar-refractivity contribution >= 4 is 89.8 Å². The van der Waals surface area contributed by atoms with Crippen LogP contribution in [0.15, 0.2) is 95.2 Å². The Morgan fingerprint density at radius 1 is 0.642 bits per heavy atom. The average Bonchev–Trinajstić information content (AvgIpc) is 4.28. The summed E-state index contributed by atoms with van der Waals surface area (Å²) in [5.41, 5.74) is 5.93. The normalized spacial score (nSPS) is 18.7. The summed E-state index contributed by atoms with van der Waals surface area (Å²) in [4.78, 5) is 105. The molecule has 7 amide bonds. The number of imide groups is 1. The number of benzene rings is 4. The molecule has 1 fully saturated rings. The van der Waals surface area contributed by atoms with Gasteiger partial charge in [0.05, 0.1) is 77.0 Å². The first-order valence-electron chi connectivity index (χ1n) is 27.1. The van der Waals surface area contributed by atoms with E-state index in [1.165, 1.54) is 19.1 Å². The molecule has 0 bridgehead atoms. The number of methoxy groups -OCH3 is 3. The number of hydrogen-bond acceptors (Lipinski definition) is 14. The molecule has 420 valence electrons. The first-order chi connectivity index (χ1) is 39.0. The zero-order chi connectivity index (χ0) is 57.5. The molecule has 4 aromatic rings. The number of carbonyl (C=O) groups excluding carboxylic acids is 7. The van der Waals surface area contributed by atoms with E-state index in [0.717, 1.165) is 28.0 Å². The molecule has 20 nitrogen and oxygen atoms in total. The Kier molecular flexibility index (Phi) is 17.7. The van der Waals surface area contributed by atoms with Crippen LogP contribution >= 0.6 is 0 Å². The maximum absolute atomic E-state index is 14.1. The van der Waals surface area contributed by atoms with Crippen LogP contribution in [0.3, 0.4) is 0 Å². The second-order valence-electron chi connectivity index (χ2n) is 20.7. The lowest BCUT2D eigenvalue weighted by Crippen LogP contribution is -2.53. The van der Waals surface area contributed by atoms with Crippen LogP contribution in [0.1, 0.15) is 104 Å². The topological polar surface area (TPSA) is 236 Å². The van der Waals surface area contributed by atoms with E-state index in [1.807, 2.05) is 48.8 Å². The maximum Gasteiger partial charge on any atom is 0.260 e. The Hall–Kier alpha value is -8.75. The van der Waals surface area contributed by atoms with Crippen LogP contribution in [-0.4, -0.2) is 142 Å². The Morgan fingerprint density at radius 2 is 1.19 bits per heavy atom. The van der Waals surface area contributed by atoms with Gasteiger partial charge in [0.1, 0.15) is 17.8 Å². The van der Waals surface area contributed by atoms with Crippen LogP contribution in [0.2, 0.25) is 5.82 Å². The molecule has 5 aliphatic rings. The number of likely N-dealkylation sites (tertiary alicyclic amines) is 1. The third-order valence-corrected chi connectivity index (χ3v) is 14.8. The molecule has 1 saturated heterocycles. The Morgan fingerprint density at radius 3 is 1.68 bits per heavy atom. The molecule has 5 heterocycles. The number of anilines is 1. The van der Waals surface area contributed by atoms with Crippen LogP contribution < -0.4 is 39.6 Å². The predicted octanol–water partition coefficient (Wildman–Crippen LogP) is 7.36. The second-order valence-corrected chi connectivity index (χ2v) is 20.7. The summed E-state index contributed by atoms with van der Waals surface area (Å²) in [7, 11) is 10.3. The minimum Gasteiger partial charge on any atom is -0.497 e. The minimum atomic E-state index is -0.932. The summed E-state index contributed by atoms with van der Waals surface area (Å²) in [5.74, 6) is -1.08. The van der Waals surface area contributed by atoms with Crippen molar-refractivity contribution in [3.05, 3.63) is 107 Å². The molecule has 21 heteroatoms. The van der Waals surface area contributed by atoms with Crippen molar-refractivity contribution in [3.63, 3.8) is 0 Å². The largest absolute Gasteiger partial charge is 0.497 e. The summed E-state index contributed by atoms with van der Waals surface area (Å²) in [6, 6.07) is 19.2. The summed E-state index contributed by atoms with van der Waals surface area (Å²) < 4.78 is 29.0. The van der Waals surface area contributed by atoms with E-state index >= 15 is 0 Å². The van der Waals surface area contributed by atoms with E-state index in [2.05, 4.69) is 16.0 Å². The number of hydrogen-bond donors (Lipinski definition) is 3. The number of carbonyl (C=O) groups is 7. The molecular weight excluding hydrogens is 1040 g/mol. The maximum atomic E-state index is 14.1. The smallest absolute Gasteiger partial charge is 0.260 e. The highest BCUT2D eigenvalue weighted by Gasteiger charge is 2.37. The number of nitrogens with one attached hydrogen (secondary N) is 3. The first-order valence-corrected chi connectivity index (χ1v) is 27.1. The number of fused-ring (bicyclic) bond motifs is 4. The molecule has 0 aromatic heterocycles. The molecule has 9 rings (SSSR count). The highest BCUT2D eigenvalue weighted by Crippen LogP contribution is 2.42. The van der Waals surface area contributed by atoms with Crippen LogP contribution in [-0.2, 0) is 24.0 Å². The number of ether oxygens (including phenoxy) is 5. The molecule has 5 aliphatic heterocycles. The number of rotatable bonds is 23. The molecule has 2 radical (unpaired) electrons. The summed E-state index contributed by atoms with van der Waals surface area (Å²) >= 11 is 0. The van der Waals surface area contributed by atoms with Crippen LogP contribution in [0.25, 0.3) is 11.1 Å². The molecule has 4 aromatic carbocycles. The fourth-order valence-corrected chi connectivity index (χ4v) is 10.2. The fraction of sp³-hybridized carbons (Fsp3) is 0.383. The van der Waals surface area contributed by atoms with Crippen molar-refractivity contribution in [2.24, 2.45) is 15.9 Å². The van der Waals surface area contributed by atoms with Gasteiger partial charge in [0.15, 0.2) is 23.0 Å². The first kappa shape index (κ1) is 57.0. The summed E-state index contributed by atoms with van der Waals surface area (Å²) in [6.07, 6.45) is 10.6. The molecule has 5 atom stereocenters. The van der Waals surface area contributed by atoms with Gasteiger partial charge in [-0.05, 0) is 84.4 Å². The highest BCUT2D eigenvalue weighted by atomic mass is 16.5. The molecule has 0 aliphatic carbocycles. The van der Waals surface area contributed by atoms with Gasteiger partial charge in [-0.25, -0.2) is 0 Å². The van der Waals surface area contributed by atoms with E-state index in [4.69, 9.17) is 41.5 Å². The standard InChI is InChI=1S/C60H65BN8O12/c1-34(2)55(66-53(70)11-8-7-9-20-67-54(71)27-46(61)60(67)76)57(73)64-35(3)56(72)65-40-16-12-36(13-17-40)38-23-41-30-62-47-28-51(49(78-5)25-44(47)58(74)68(41)32-38)80-21-10-22-81-52-29-48-45(26-50(52)79-6)59(75)69-33-39(24-42(69)31-63-48)37-14-18-43(77-4)19-15-37/h12-19,25-26,28-35,41-42,46,55H,7-11,20-24,27H2,1-6H3,(H,64,73)(H,65,72)(H,66,70)/t35-,41-,42-,46?,55-/m0/s1. The molecule has 1 unspecified atom stereocenters. The van der Waals surface area contributed by atoms with E-state index < -0.39 is 29.7 Å². The number of unbranched alkanes of at least 4 members (excludes halogenated alkanes) is 2. The van der Waals surface area contributed by atoms with E-state index in [1.54, 1.807) is 86.5 Å². The van der Waals surface area contributed by atoms with Gasteiger partial charge < -0.3 is 49.4 Å². The van der Waals surface area contributed by atoms with Crippen molar-refractivity contribution in [1.29, 1.82) is 0 Å². The van der Waals surface area contributed by atoms with Gasteiger partial charge in [-0.2, -0.15) is 0 Å². The molecule has 81 heavy (non-hydrogen) atoms. The highest BCUT2D eigenvalue weighted by molar-refractivity contribution is 6.29.